The number of hydrogen-bond acceptors (Lipinski definition) is 8. The smallest absolute Gasteiger partial charge is 0.343 e. The number of nitrogens with zero attached hydrogens (tertiary/aromatic N) is 1. The van der Waals surface area contributed by atoms with Gasteiger partial charge in [-0.3, -0.25) is 9.59 Å². The molecule has 0 heterocycles. The lowest BCUT2D eigenvalue weighted by Gasteiger charge is -2.09. The molecule has 10 heteroatoms. The van der Waals surface area contributed by atoms with E-state index in [1.54, 1.807) is 67.8 Å². The summed E-state index contributed by atoms with van der Waals surface area (Å²) in [5.41, 5.74) is 3.60. The Kier molecular flexibility index (Phi) is 8.99. The molecule has 0 aliphatic heterocycles. The number of hydrazone groups is 1. The Morgan fingerprint density at radius 2 is 1.53 bits per heavy atom. The molecule has 36 heavy (non-hydrogen) atoms. The van der Waals surface area contributed by atoms with Crippen LogP contribution in [0.5, 0.6) is 23.0 Å². The van der Waals surface area contributed by atoms with Gasteiger partial charge in [-0.05, 0) is 60.2 Å². The van der Waals surface area contributed by atoms with E-state index >= 15 is 0 Å². The summed E-state index contributed by atoms with van der Waals surface area (Å²) in [5, 5.41) is 6.38. The third kappa shape index (κ3) is 7.07. The molecular weight excluding hydrogens is 466 g/mol. The van der Waals surface area contributed by atoms with Crippen LogP contribution in [-0.2, 0) is 4.79 Å². The number of amides is 2. The van der Waals surface area contributed by atoms with Crippen LogP contribution < -0.4 is 29.7 Å². The van der Waals surface area contributed by atoms with Crippen molar-refractivity contribution < 1.29 is 33.3 Å². The van der Waals surface area contributed by atoms with E-state index in [1.165, 1.54) is 26.5 Å². The fraction of sp³-hybridized carbons (Fsp3) is 0.154. The van der Waals surface area contributed by atoms with Gasteiger partial charge >= 0.3 is 5.97 Å². The molecule has 0 atom stereocenters. The molecule has 3 aromatic carbocycles. The molecular formula is C26H25N3O7. The Balaban J connectivity index is 1.50. The summed E-state index contributed by atoms with van der Waals surface area (Å²) in [4.78, 5) is 36.7. The van der Waals surface area contributed by atoms with Gasteiger partial charge in [0.15, 0.2) is 11.5 Å². The zero-order valence-corrected chi connectivity index (χ0v) is 19.9. The van der Waals surface area contributed by atoms with Crippen LogP contribution in [0.3, 0.4) is 0 Å². The highest BCUT2D eigenvalue weighted by molar-refractivity contribution is 5.97. The standard InChI is InChI=1S/C26H25N3O7/c1-33-20-10-7-18(8-11-20)26(32)36-21-6-4-5-17(13-21)15-28-29-24(30)16-27-25(31)19-9-12-22(34-2)23(14-19)35-3/h4-15H,16H2,1-3H3,(H,27,31)(H,29,30)/b28-15+. The van der Waals surface area contributed by atoms with E-state index in [4.69, 9.17) is 18.9 Å². The lowest BCUT2D eigenvalue weighted by Crippen LogP contribution is -2.34. The molecule has 186 valence electrons. The van der Waals surface area contributed by atoms with Crippen LogP contribution in [0.1, 0.15) is 26.3 Å². The maximum atomic E-state index is 12.3. The van der Waals surface area contributed by atoms with Gasteiger partial charge in [0, 0.05) is 5.56 Å². The second-order valence-corrected chi connectivity index (χ2v) is 7.24. The molecule has 0 aliphatic carbocycles. The third-order valence-corrected chi connectivity index (χ3v) is 4.85. The van der Waals surface area contributed by atoms with Gasteiger partial charge in [0.2, 0.25) is 0 Å². The molecule has 2 amide bonds. The maximum Gasteiger partial charge on any atom is 0.343 e. The first-order chi connectivity index (χ1) is 17.4. The molecule has 2 N–H and O–H groups in total. The minimum absolute atomic E-state index is 0.288. The van der Waals surface area contributed by atoms with Crippen molar-refractivity contribution in [1.29, 1.82) is 0 Å². The highest BCUT2D eigenvalue weighted by Gasteiger charge is 2.12. The number of benzene rings is 3. The average molecular weight is 492 g/mol. The van der Waals surface area contributed by atoms with E-state index in [0.717, 1.165) is 0 Å². The fourth-order valence-electron chi connectivity index (χ4n) is 3.01. The highest BCUT2D eigenvalue weighted by atomic mass is 16.5. The first-order valence-corrected chi connectivity index (χ1v) is 10.7. The van der Waals surface area contributed by atoms with Crippen molar-refractivity contribution in [3.63, 3.8) is 0 Å². The molecule has 0 aliphatic rings. The molecule has 0 unspecified atom stereocenters. The molecule has 0 spiro atoms. The van der Waals surface area contributed by atoms with Crippen molar-refractivity contribution in [3.8, 4) is 23.0 Å². The summed E-state index contributed by atoms with van der Waals surface area (Å²) in [6.45, 7) is -0.288. The second kappa shape index (κ2) is 12.6. The second-order valence-electron chi connectivity index (χ2n) is 7.24. The third-order valence-electron chi connectivity index (χ3n) is 4.85. The summed E-state index contributed by atoms with van der Waals surface area (Å²) in [6, 6.07) is 17.8. The number of ether oxygens (including phenoxy) is 4. The molecule has 10 nitrogen and oxygen atoms in total. The van der Waals surface area contributed by atoms with Crippen LogP contribution in [0.25, 0.3) is 0 Å². The predicted octanol–water partition coefficient (Wildman–Crippen LogP) is 2.81. The number of esters is 1. The van der Waals surface area contributed by atoms with Crippen molar-refractivity contribution in [2.75, 3.05) is 27.9 Å². The fourth-order valence-corrected chi connectivity index (χ4v) is 3.01. The minimum Gasteiger partial charge on any atom is -0.497 e. The quantitative estimate of drug-likeness (QED) is 0.193. The van der Waals surface area contributed by atoms with Gasteiger partial charge in [-0.1, -0.05) is 12.1 Å². The van der Waals surface area contributed by atoms with E-state index < -0.39 is 17.8 Å². The lowest BCUT2D eigenvalue weighted by atomic mass is 10.2. The zero-order valence-electron chi connectivity index (χ0n) is 19.9. The van der Waals surface area contributed by atoms with Gasteiger partial charge in [-0.2, -0.15) is 5.10 Å². The van der Waals surface area contributed by atoms with Crippen molar-refractivity contribution in [1.82, 2.24) is 10.7 Å². The highest BCUT2D eigenvalue weighted by Crippen LogP contribution is 2.27. The van der Waals surface area contributed by atoms with E-state index in [9.17, 15) is 14.4 Å². The van der Waals surface area contributed by atoms with Gasteiger partial charge in [-0.15, -0.1) is 0 Å². The number of rotatable bonds is 10. The molecule has 0 bridgehead atoms. The number of nitrogens with one attached hydrogen (secondary N) is 2. The van der Waals surface area contributed by atoms with Crippen LogP contribution in [0.2, 0.25) is 0 Å². The van der Waals surface area contributed by atoms with Gasteiger partial charge in [0.1, 0.15) is 11.5 Å². The van der Waals surface area contributed by atoms with Crippen LogP contribution in [-0.4, -0.2) is 51.9 Å². The lowest BCUT2D eigenvalue weighted by molar-refractivity contribution is -0.120. The van der Waals surface area contributed by atoms with Crippen LogP contribution in [0.4, 0.5) is 0 Å². The Morgan fingerprint density at radius 3 is 2.22 bits per heavy atom. The predicted molar refractivity (Wildman–Crippen MR) is 132 cm³/mol. The van der Waals surface area contributed by atoms with Gasteiger partial charge in [0.05, 0.1) is 39.7 Å². The number of methoxy groups -OCH3 is 3. The molecule has 0 saturated heterocycles. The molecule has 0 radical (unpaired) electrons. The SMILES string of the molecule is COc1ccc(C(=O)Oc2cccc(/C=N/NC(=O)CNC(=O)c3ccc(OC)c(OC)c3)c2)cc1. The van der Waals surface area contributed by atoms with E-state index in [1.807, 2.05) is 0 Å². The summed E-state index contributed by atoms with van der Waals surface area (Å²) in [6.07, 6.45) is 1.39. The maximum absolute atomic E-state index is 12.3. The van der Waals surface area contributed by atoms with Gasteiger partial charge < -0.3 is 24.3 Å². The monoisotopic (exact) mass is 491 g/mol. The molecule has 3 rings (SSSR count). The van der Waals surface area contributed by atoms with E-state index in [0.29, 0.717) is 39.7 Å². The summed E-state index contributed by atoms with van der Waals surface area (Å²) in [7, 11) is 4.50. The number of carbonyl (C=O) groups excluding carboxylic acids is 3. The van der Waals surface area contributed by atoms with Crippen molar-refractivity contribution in [2.45, 2.75) is 0 Å². The largest absolute Gasteiger partial charge is 0.497 e. The van der Waals surface area contributed by atoms with Crippen molar-refractivity contribution in [3.05, 3.63) is 83.4 Å². The van der Waals surface area contributed by atoms with Crippen molar-refractivity contribution >= 4 is 24.0 Å². The Labute approximate surface area is 207 Å². The van der Waals surface area contributed by atoms with Crippen molar-refractivity contribution in [2.24, 2.45) is 5.10 Å². The van der Waals surface area contributed by atoms with Crippen LogP contribution in [0.15, 0.2) is 71.8 Å². The number of carbonyl (C=O) groups is 3. The van der Waals surface area contributed by atoms with E-state index in [2.05, 4.69) is 15.8 Å². The van der Waals surface area contributed by atoms with Gasteiger partial charge in [0.25, 0.3) is 11.8 Å². The van der Waals surface area contributed by atoms with Crippen LogP contribution in [0, 0.1) is 0 Å². The molecule has 0 aromatic heterocycles. The summed E-state index contributed by atoms with van der Waals surface area (Å²) in [5.74, 6) is 0.325. The molecule has 3 aromatic rings. The Bertz CT molecular complexity index is 1260. The summed E-state index contributed by atoms with van der Waals surface area (Å²) < 4.78 is 20.8. The van der Waals surface area contributed by atoms with E-state index in [-0.39, 0.29) is 6.54 Å². The first kappa shape index (κ1) is 25.8. The average Bonchev–Trinajstić information content (AvgIpc) is 2.91. The Morgan fingerprint density at radius 1 is 0.806 bits per heavy atom. The first-order valence-electron chi connectivity index (χ1n) is 10.7. The zero-order chi connectivity index (χ0) is 25.9. The summed E-state index contributed by atoms with van der Waals surface area (Å²) >= 11 is 0. The molecule has 0 fully saturated rings. The van der Waals surface area contributed by atoms with Crippen LogP contribution >= 0.6 is 0 Å². The minimum atomic E-state index is -0.526. The normalized spacial score (nSPS) is 10.4. The van der Waals surface area contributed by atoms with Gasteiger partial charge in [-0.25, -0.2) is 10.2 Å². The number of hydrogen-bond donors (Lipinski definition) is 2. The Hall–Kier alpha value is -4.86. The molecule has 0 saturated carbocycles. The topological polar surface area (TPSA) is 125 Å².